The number of nitrogens with one attached hydrogen (secondary N) is 1. The average molecular weight is 369 g/mol. The first-order valence-corrected chi connectivity index (χ1v) is 8.75. The van der Waals surface area contributed by atoms with Gasteiger partial charge in [0.2, 0.25) is 5.91 Å². The number of para-hydroxylation sites is 1. The largest absolute Gasteiger partial charge is 0.365 e. The predicted molar refractivity (Wildman–Crippen MR) is 104 cm³/mol. The molecule has 0 atom stereocenters. The van der Waals surface area contributed by atoms with Crippen molar-refractivity contribution in [2.24, 2.45) is 0 Å². The van der Waals surface area contributed by atoms with Gasteiger partial charge in [0.1, 0.15) is 5.52 Å². The van der Waals surface area contributed by atoms with Gasteiger partial charge in [-0.25, -0.2) is 13.8 Å². The van der Waals surface area contributed by atoms with Crippen molar-refractivity contribution in [2.75, 3.05) is 23.8 Å². The Balaban J connectivity index is 1.87. The molecule has 0 saturated carbocycles. The molecule has 0 radical (unpaired) electrons. The van der Waals surface area contributed by atoms with Gasteiger partial charge < -0.3 is 10.2 Å². The SMILES string of the molecule is CCc1ccccc1NC(=O)CN(C)c1cc(C)nc2c(F)c(F)ccc12. The number of likely N-dealkylation sites (N-methyl/N-ethyl adjacent to an activating group) is 1. The van der Waals surface area contributed by atoms with E-state index in [1.54, 1.807) is 24.9 Å². The maximum absolute atomic E-state index is 14.1. The van der Waals surface area contributed by atoms with E-state index >= 15 is 0 Å². The first kappa shape index (κ1) is 18.8. The molecule has 0 aliphatic rings. The Kier molecular flexibility index (Phi) is 5.35. The fourth-order valence-corrected chi connectivity index (χ4v) is 3.10. The summed E-state index contributed by atoms with van der Waals surface area (Å²) in [5.41, 5.74) is 2.97. The van der Waals surface area contributed by atoms with Gasteiger partial charge >= 0.3 is 0 Å². The molecule has 0 aliphatic carbocycles. The molecule has 1 aromatic heterocycles. The fraction of sp³-hybridized carbons (Fsp3) is 0.238. The predicted octanol–water partition coefficient (Wildman–Crippen LogP) is 4.46. The molecule has 0 saturated heterocycles. The highest BCUT2D eigenvalue weighted by Crippen LogP contribution is 2.29. The van der Waals surface area contributed by atoms with Crippen LogP contribution in [0.5, 0.6) is 0 Å². The van der Waals surface area contributed by atoms with Crippen LogP contribution < -0.4 is 10.2 Å². The van der Waals surface area contributed by atoms with Gasteiger partial charge in [0.25, 0.3) is 0 Å². The Morgan fingerprint density at radius 1 is 1.19 bits per heavy atom. The van der Waals surface area contributed by atoms with Crippen molar-refractivity contribution < 1.29 is 13.6 Å². The summed E-state index contributed by atoms with van der Waals surface area (Å²) in [7, 11) is 1.74. The van der Waals surface area contributed by atoms with Gasteiger partial charge in [0, 0.05) is 29.5 Å². The van der Waals surface area contributed by atoms with Gasteiger partial charge in [-0.15, -0.1) is 0 Å². The van der Waals surface area contributed by atoms with Crippen molar-refractivity contribution in [3.8, 4) is 0 Å². The number of anilines is 2. The number of halogens is 2. The lowest BCUT2D eigenvalue weighted by Crippen LogP contribution is -2.30. The minimum atomic E-state index is -0.979. The van der Waals surface area contributed by atoms with Crippen molar-refractivity contribution in [1.82, 2.24) is 4.98 Å². The summed E-state index contributed by atoms with van der Waals surface area (Å²) in [6.45, 7) is 3.80. The zero-order valence-electron chi connectivity index (χ0n) is 15.5. The van der Waals surface area contributed by atoms with Gasteiger partial charge in [-0.2, -0.15) is 0 Å². The monoisotopic (exact) mass is 369 g/mol. The van der Waals surface area contributed by atoms with Crippen LogP contribution >= 0.6 is 0 Å². The van der Waals surface area contributed by atoms with Crippen LogP contribution in [0.2, 0.25) is 0 Å². The second-order valence-corrected chi connectivity index (χ2v) is 6.46. The molecular weight excluding hydrogens is 348 g/mol. The lowest BCUT2D eigenvalue weighted by molar-refractivity contribution is -0.114. The quantitative estimate of drug-likeness (QED) is 0.722. The molecule has 0 aliphatic heterocycles. The number of fused-ring (bicyclic) bond motifs is 1. The molecule has 1 N–H and O–H groups in total. The minimum Gasteiger partial charge on any atom is -0.365 e. The molecule has 27 heavy (non-hydrogen) atoms. The number of amides is 1. The van der Waals surface area contributed by atoms with Crippen LogP contribution in [0.25, 0.3) is 10.9 Å². The molecule has 1 heterocycles. The summed E-state index contributed by atoms with van der Waals surface area (Å²) in [6, 6.07) is 11.9. The number of nitrogens with zero attached hydrogens (tertiary/aromatic N) is 2. The van der Waals surface area contributed by atoms with E-state index in [4.69, 9.17) is 0 Å². The van der Waals surface area contributed by atoms with Gasteiger partial charge in [0.15, 0.2) is 11.6 Å². The van der Waals surface area contributed by atoms with E-state index in [2.05, 4.69) is 10.3 Å². The smallest absolute Gasteiger partial charge is 0.243 e. The summed E-state index contributed by atoms with van der Waals surface area (Å²) < 4.78 is 27.7. The lowest BCUT2D eigenvalue weighted by Gasteiger charge is -2.21. The van der Waals surface area contributed by atoms with Crippen LogP contribution in [-0.2, 0) is 11.2 Å². The standard InChI is InChI=1S/C21H21F2N3O/c1-4-14-7-5-6-8-17(14)25-19(27)12-26(3)18-11-13(2)24-21-15(18)9-10-16(22)20(21)23/h5-11H,4,12H2,1-3H3,(H,25,27). The summed E-state index contributed by atoms with van der Waals surface area (Å²) in [4.78, 5) is 18.3. The van der Waals surface area contributed by atoms with Crippen LogP contribution in [0.4, 0.5) is 20.2 Å². The van der Waals surface area contributed by atoms with Crippen LogP contribution in [0.15, 0.2) is 42.5 Å². The molecule has 0 spiro atoms. The summed E-state index contributed by atoms with van der Waals surface area (Å²) in [5, 5.41) is 3.38. The maximum atomic E-state index is 14.1. The van der Waals surface area contributed by atoms with Crippen LogP contribution in [0.1, 0.15) is 18.2 Å². The Morgan fingerprint density at radius 2 is 1.93 bits per heavy atom. The number of hydrogen-bond acceptors (Lipinski definition) is 3. The molecule has 2 aromatic carbocycles. The zero-order valence-corrected chi connectivity index (χ0v) is 15.5. The summed E-state index contributed by atoms with van der Waals surface area (Å²) >= 11 is 0. The third-order valence-electron chi connectivity index (χ3n) is 4.44. The summed E-state index contributed by atoms with van der Waals surface area (Å²) in [6.07, 6.45) is 0.811. The van der Waals surface area contributed by atoms with E-state index in [0.29, 0.717) is 16.8 Å². The normalized spacial score (nSPS) is 10.9. The molecule has 0 bridgehead atoms. The van der Waals surface area contributed by atoms with Crippen molar-refractivity contribution in [2.45, 2.75) is 20.3 Å². The Bertz CT molecular complexity index is 1000. The average Bonchev–Trinajstić information content (AvgIpc) is 2.64. The minimum absolute atomic E-state index is 0.0337. The van der Waals surface area contributed by atoms with Crippen LogP contribution in [0.3, 0.4) is 0 Å². The van der Waals surface area contributed by atoms with E-state index in [1.807, 2.05) is 31.2 Å². The second kappa shape index (κ2) is 7.70. The topological polar surface area (TPSA) is 45.2 Å². The third kappa shape index (κ3) is 3.89. The molecule has 3 aromatic rings. The van der Waals surface area contributed by atoms with E-state index < -0.39 is 11.6 Å². The summed E-state index contributed by atoms with van der Waals surface area (Å²) in [5.74, 6) is -2.11. The van der Waals surface area contributed by atoms with E-state index in [0.717, 1.165) is 23.7 Å². The maximum Gasteiger partial charge on any atom is 0.243 e. The third-order valence-corrected chi connectivity index (χ3v) is 4.44. The highest BCUT2D eigenvalue weighted by atomic mass is 19.2. The van der Waals surface area contributed by atoms with E-state index in [-0.39, 0.29) is 18.0 Å². The number of pyridine rings is 1. The number of benzene rings is 2. The number of rotatable bonds is 5. The highest BCUT2D eigenvalue weighted by Gasteiger charge is 2.16. The molecule has 1 amide bonds. The molecule has 4 nitrogen and oxygen atoms in total. The number of carbonyl (C=O) groups is 1. The molecule has 140 valence electrons. The first-order valence-electron chi connectivity index (χ1n) is 8.75. The van der Waals surface area contributed by atoms with Gasteiger partial charge in [-0.05, 0) is 43.2 Å². The Labute approximate surface area is 156 Å². The first-order chi connectivity index (χ1) is 12.9. The van der Waals surface area contributed by atoms with Crippen LogP contribution in [0, 0.1) is 18.6 Å². The van der Waals surface area contributed by atoms with Gasteiger partial charge in [0.05, 0.1) is 6.54 Å². The number of aryl methyl sites for hydroxylation is 2. The van der Waals surface area contributed by atoms with Crippen molar-refractivity contribution >= 4 is 28.2 Å². The van der Waals surface area contributed by atoms with Gasteiger partial charge in [-0.1, -0.05) is 25.1 Å². The molecule has 0 fully saturated rings. The Hall–Kier alpha value is -3.02. The lowest BCUT2D eigenvalue weighted by atomic mass is 10.1. The number of aromatic nitrogens is 1. The highest BCUT2D eigenvalue weighted by molar-refractivity contribution is 5.98. The number of hydrogen-bond donors (Lipinski definition) is 1. The molecular formula is C21H21F2N3O. The zero-order chi connectivity index (χ0) is 19.6. The number of carbonyl (C=O) groups excluding carboxylic acids is 1. The van der Waals surface area contributed by atoms with Gasteiger partial charge in [-0.3, -0.25) is 4.79 Å². The second-order valence-electron chi connectivity index (χ2n) is 6.46. The molecule has 6 heteroatoms. The van der Waals surface area contributed by atoms with Crippen LogP contribution in [-0.4, -0.2) is 24.5 Å². The van der Waals surface area contributed by atoms with E-state index in [9.17, 15) is 13.6 Å². The fourth-order valence-electron chi connectivity index (χ4n) is 3.10. The van der Waals surface area contributed by atoms with Crippen molar-refractivity contribution in [3.05, 3.63) is 65.4 Å². The molecule has 0 unspecified atom stereocenters. The molecule has 3 rings (SSSR count). The van der Waals surface area contributed by atoms with Crippen molar-refractivity contribution in [3.63, 3.8) is 0 Å². The Morgan fingerprint density at radius 3 is 2.67 bits per heavy atom. The van der Waals surface area contributed by atoms with Crippen molar-refractivity contribution in [1.29, 1.82) is 0 Å². The van der Waals surface area contributed by atoms with E-state index in [1.165, 1.54) is 6.07 Å².